The molecule has 65 heavy (non-hydrogen) atoms. The minimum Gasteiger partial charge on any atom is -0.465 e. The molecule has 0 bridgehead atoms. The second-order valence-corrected chi connectivity index (χ2v) is 15.4. The molecular weight excluding hydrogens is 955 g/mol. The first-order valence-electron chi connectivity index (χ1n) is 16.9. The van der Waals surface area contributed by atoms with E-state index in [1.807, 2.05) is 30.3 Å². The highest BCUT2D eigenvalue weighted by atomic mass is 32.2. The van der Waals surface area contributed by atoms with Gasteiger partial charge >= 0.3 is 11.9 Å². The summed E-state index contributed by atoms with van der Waals surface area (Å²) in [6.07, 6.45) is -3.12. The number of carbonyl (C=O) groups is 2. The van der Waals surface area contributed by atoms with Crippen LogP contribution in [0.2, 0.25) is 0 Å². The Labute approximate surface area is 353 Å². The van der Waals surface area contributed by atoms with Crippen LogP contribution < -0.4 is 21.9 Å². The molecule has 0 amide bonds. The largest absolute Gasteiger partial charge is 0.465 e. The summed E-state index contributed by atoms with van der Waals surface area (Å²) in [5.41, 5.74) is -12.9. The molecule has 348 valence electrons. The molecule has 0 radical (unpaired) electrons. The first-order chi connectivity index (χ1) is 30.2. The summed E-state index contributed by atoms with van der Waals surface area (Å²) in [7, 11) is 2.53. The topological polar surface area (TPSA) is 52.6 Å². The van der Waals surface area contributed by atoms with Crippen molar-refractivity contribution in [2.45, 2.75) is 0 Å². The molecule has 0 aliphatic rings. The highest BCUT2D eigenvalue weighted by Gasteiger charge is 2.52. The van der Waals surface area contributed by atoms with Crippen molar-refractivity contribution in [3.05, 3.63) is 158 Å². The van der Waals surface area contributed by atoms with Crippen LogP contribution >= 0.6 is 0 Å². The van der Waals surface area contributed by atoms with Crippen LogP contribution in [0.4, 0.5) is 87.8 Å². The van der Waals surface area contributed by atoms with Gasteiger partial charge in [0.1, 0.15) is 58.4 Å². The number of benzene rings is 5. The van der Waals surface area contributed by atoms with E-state index in [0.717, 1.165) is 5.56 Å². The summed E-state index contributed by atoms with van der Waals surface area (Å²) >= 11 is 0. The Morgan fingerprint density at radius 2 is 0.615 bits per heavy atom. The molecule has 4 nitrogen and oxygen atoms in total. The van der Waals surface area contributed by atoms with Gasteiger partial charge in [-0.2, -0.15) is 0 Å². The van der Waals surface area contributed by atoms with Gasteiger partial charge in [0, 0.05) is 5.57 Å². The molecule has 0 spiro atoms. The molecule has 0 N–H and O–H groups in total. The molecule has 5 aromatic rings. The fraction of sp³-hybridized carbons (Fsp3) is 0.128. The molecule has 0 aromatic heterocycles. The minimum absolute atomic E-state index is 0.0228. The van der Waals surface area contributed by atoms with Crippen LogP contribution in [-0.2, 0) is 30.0 Å². The predicted octanol–water partition coefficient (Wildman–Crippen LogP) is 7.51. The summed E-state index contributed by atoms with van der Waals surface area (Å²) in [6.45, 7) is 0. The van der Waals surface area contributed by atoms with Crippen LogP contribution in [0, 0.1) is 116 Å². The van der Waals surface area contributed by atoms with Crippen LogP contribution in [0.5, 0.6) is 0 Å². The Kier molecular flexibility index (Phi) is 15.4. The summed E-state index contributed by atoms with van der Waals surface area (Å²) < 4.78 is 303. The lowest BCUT2D eigenvalue weighted by Gasteiger charge is -2.44. The summed E-state index contributed by atoms with van der Waals surface area (Å²) in [5, 5.41) is 0. The van der Waals surface area contributed by atoms with E-state index < -0.39 is 156 Å². The normalized spacial score (nSPS) is 11.4. The monoisotopic (exact) mass is 974 g/mol. The first kappa shape index (κ1) is 51.4. The zero-order valence-electron chi connectivity index (χ0n) is 32.3. The number of rotatable bonds is 9. The van der Waals surface area contributed by atoms with Crippen molar-refractivity contribution >= 4 is 56.4 Å². The van der Waals surface area contributed by atoms with Crippen LogP contribution in [0.25, 0.3) is 5.57 Å². The van der Waals surface area contributed by atoms with Gasteiger partial charge in [-0.25, -0.2) is 97.4 Å². The smallest absolute Gasteiger partial charge is 0.345 e. The molecule has 0 aliphatic carbocycles. The number of methoxy groups -OCH3 is 2. The van der Waals surface area contributed by atoms with Crippen molar-refractivity contribution < 1.29 is 107 Å². The van der Waals surface area contributed by atoms with Gasteiger partial charge in [0.25, 0.3) is 0 Å². The highest BCUT2D eigenvalue weighted by molar-refractivity contribution is 7.95. The lowest BCUT2D eigenvalue weighted by Crippen LogP contribution is -2.81. The Morgan fingerprint density at radius 1 is 0.400 bits per heavy atom. The van der Waals surface area contributed by atoms with E-state index in [9.17, 15) is 62.3 Å². The lowest BCUT2D eigenvalue weighted by molar-refractivity contribution is -0.143. The molecule has 0 aliphatic heterocycles. The van der Waals surface area contributed by atoms with E-state index in [2.05, 4.69) is 12.5 Å². The van der Waals surface area contributed by atoms with Gasteiger partial charge in [0.15, 0.2) is 75.4 Å². The van der Waals surface area contributed by atoms with Crippen LogP contribution in [0.3, 0.4) is 0 Å². The molecule has 5 rings (SSSR count). The van der Waals surface area contributed by atoms with E-state index in [1.54, 1.807) is 0 Å². The van der Waals surface area contributed by atoms with Crippen LogP contribution in [0.1, 0.15) is 5.56 Å². The quantitative estimate of drug-likeness (QED) is 0.0177. The second kappa shape index (κ2) is 19.5. The van der Waals surface area contributed by atoms with Crippen molar-refractivity contribution in [2.24, 2.45) is 0 Å². The lowest BCUT2D eigenvalue weighted by atomic mass is 9.12. The molecule has 26 heteroatoms. The molecule has 5 aromatic carbocycles. The average molecular weight is 974 g/mol. The molecule has 0 heterocycles. The third-order valence-electron chi connectivity index (χ3n) is 9.34. The van der Waals surface area contributed by atoms with Gasteiger partial charge in [-0.3, -0.25) is 0 Å². The number of carbonyl (C=O) groups excluding carboxylic acids is 2. The van der Waals surface area contributed by atoms with Gasteiger partial charge in [-0.05, 0) is 16.5 Å². The zero-order chi connectivity index (χ0) is 49.5. The maximum Gasteiger partial charge on any atom is 0.345 e. The van der Waals surface area contributed by atoms with Crippen molar-refractivity contribution in [3.63, 3.8) is 0 Å². The Balaban J connectivity index is 0.000000387. The Morgan fingerprint density at radius 3 is 0.815 bits per heavy atom. The maximum atomic E-state index is 15.4. The Hall–Kier alpha value is -6.21. The van der Waals surface area contributed by atoms with Gasteiger partial charge in [-0.15, -0.1) is 21.9 Å². The number of hydrogen-bond acceptors (Lipinski definition) is 4. The maximum absolute atomic E-state index is 15.4. The van der Waals surface area contributed by atoms with Crippen molar-refractivity contribution in [1.29, 1.82) is 0 Å². The first-order valence-corrected chi connectivity index (χ1v) is 19.1. The summed E-state index contributed by atoms with van der Waals surface area (Å²) in [6, 6.07) is 9.35. The molecule has 0 atom stereocenters. The third kappa shape index (κ3) is 8.46. The van der Waals surface area contributed by atoms with Crippen molar-refractivity contribution in [3.8, 4) is 0 Å². The SMILES string of the molecule is COC(=O)C(C(=O)OC)=C(C[S+](C)C)c1ccccc1.Fc1c(F)c(F)c([B-](c2c(F)c(F)c(F)c(F)c2F)(c2c(F)c(F)c(F)c(F)c2F)c2c(F)c(F)c(F)c(F)c2F)c(F)c1F. The second-order valence-electron chi connectivity index (χ2n) is 13.1. The highest BCUT2D eigenvalue weighted by Crippen LogP contribution is 2.31. The summed E-state index contributed by atoms with van der Waals surface area (Å²) in [4.78, 5) is 23.9. The summed E-state index contributed by atoms with van der Waals surface area (Å²) in [5.74, 6) is -72.1. The standard InChI is InChI=1S/C24BF20.C15H19O4S/c26-5-1(6(27)14(35)21(42)13(5)34)25(2-7(28)15(36)22(43)16(37)8(2)29,3-9(30)17(38)23(44)18(39)10(3)31)4-11(32)19(40)24(45)20(41)12(4)33;1-18-14(16)13(15(17)19-2)12(10-20(3)4)11-8-6-5-7-9-11/h;5-9H,10H2,1-4H3/q-1;+1. The molecule has 0 saturated heterocycles. The van der Waals surface area contributed by atoms with Gasteiger partial charge < -0.3 is 9.47 Å². The van der Waals surface area contributed by atoms with Gasteiger partial charge in [-0.1, -0.05) is 30.3 Å². The van der Waals surface area contributed by atoms with E-state index in [0.29, 0.717) is 11.3 Å². The molecular formula is C39H19BF20O4S. The van der Waals surface area contributed by atoms with Crippen molar-refractivity contribution in [2.75, 3.05) is 32.5 Å². The molecule has 0 saturated carbocycles. The third-order valence-corrected chi connectivity index (χ3v) is 10.2. The fourth-order valence-corrected chi connectivity index (χ4v) is 7.52. The minimum atomic E-state index is -7.22. The average Bonchev–Trinajstić information content (AvgIpc) is 3.28. The number of hydrogen-bond donors (Lipinski definition) is 0. The van der Waals surface area contributed by atoms with Gasteiger partial charge in [0.05, 0.1) is 26.7 Å². The van der Waals surface area contributed by atoms with E-state index in [1.165, 1.54) is 14.2 Å². The predicted molar refractivity (Wildman–Crippen MR) is 191 cm³/mol. The van der Waals surface area contributed by atoms with E-state index in [4.69, 9.17) is 9.47 Å². The van der Waals surface area contributed by atoms with Crippen LogP contribution in [-0.4, -0.2) is 50.6 Å². The molecule has 0 unspecified atom stereocenters. The Bertz CT molecular complexity index is 2390. The molecule has 0 fully saturated rings. The zero-order valence-corrected chi connectivity index (χ0v) is 33.1. The van der Waals surface area contributed by atoms with Crippen molar-refractivity contribution in [1.82, 2.24) is 0 Å². The van der Waals surface area contributed by atoms with Crippen LogP contribution in [0.15, 0.2) is 35.9 Å². The van der Waals surface area contributed by atoms with E-state index >= 15 is 35.1 Å². The number of ether oxygens (including phenoxy) is 2. The fourth-order valence-electron chi connectivity index (χ4n) is 6.64. The number of halogens is 20. The number of esters is 2. The van der Waals surface area contributed by atoms with E-state index in [-0.39, 0.29) is 16.5 Å². The van der Waals surface area contributed by atoms with Gasteiger partial charge in [0.2, 0.25) is 0 Å².